The van der Waals surface area contributed by atoms with Crippen LogP contribution in [0.25, 0.3) is 5.69 Å². The number of anilines is 1. The molecule has 0 aliphatic rings. The van der Waals surface area contributed by atoms with E-state index in [9.17, 15) is 13.6 Å². The number of para-hydroxylation sites is 2. The fourth-order valence-electron chi connectivity index (χ4n) is 2.34. The lowest BCUT2D eigenvalue weighted by molar-refractivity contribution is -0.0493. The number of carbonyl (C=O) groups excluding carboxylic acids is 1. The molecule has 9 heteroatoms. The first-order valence-corrected chi connectivity index (χ1v) is 8.28. The van der Waals surface area contributed by atoms with Crippen LogP contribution in [0.3, 0.4) is 0 Å². The van der Waals surface area contributed by atoms with Crippen LogP contribution in [0, 0.1) is 6.92 Å². The molecular weight excluding hydrogens is 410 g/mol. The third-order valence-corrected chi connectivity index (χ3v) is 4.01. The molecular formula is C17H13BrF2N4O2. The zero-order valence-corrected chi connectivity index (χ0v) is 15.1. The molecule has 6 nitrogen and oxygen atoms in total. The number of hydrogen-bond acceptors (Lipinski definition) is 4. The van der Waals surface area contributed by atoms with E-state index in [2.05, 4.69) is 36.3 Å². The van der Waals surface area contributed by atoms with Crippen LogP contribution in [0.2, 0.25) is 0 Å². The van der Waals surface area contributed by atoms with Crippen molar-refractivity contribution in [3.05, 3.63) is 64.4 Å². The molecule has 0 bridgehead atoms. The molecule has 1 N–H and O–H groups in total. The van der Waals surface area contributed by atoms with Crippen molar-refractivity contribution in [2.75, 3.05) is 5.32 Å². The summed E-state index contributed by atoms with van der Waals surface area (Å²) in [6.07, 6.45) is 0. The van der Waals surface area contributed by atoms with Crippen LogP contribution in [0.5, 0.6) is 5.75 Å². The van der Waals surface area contributed by atoms with Gasteiger partial charge in [0.15, 0.2) is 5.69 Å². The minimum atomic E-state index is -2.99. The predicted molar refractivity (Wildman–Crippen MR) is 94.8 cm³/mol. The number of halogens is 3. The molecule has 2 aromatic carbocycles. The smallest absolute Gasteiger partial charge is 0.387 e. The van der Waals surface area contributed by atoms with E-state index >= 15 is 0 Å². The molecule has 0 aliphatic carbocycles. The van der Waals surface area contributed by atoms with E-state index < -0.39 is 12.5 Å². The van der Waals surface area contributed by atoms with Crippen LogP contribution in [0.1, 0.15) is 16.2 Å². The summed E-state index contributed by atoms with van der Waals surface area (Å²) in [4.78, 5) is 12.5. The number of amides is 1. The number of nitrogens with one attached hydrogen (secondary N) is 1. The zero-order chi connectivity index (χ0) is 18.7. The van der Waals surface area contributed by atoms with E-state index in [0.717, 1.165) is 10.2 Å². The van der Waals surface area contributed by atoms with Crippen LogP contribution in [-0.2, 0) is 0 Å². The number of ether oxygens (including phenoxy) is 1. The van der Waals surface area contributed by atoms with Crippen LogP contribution in [0.15, 0.2) is 53.0 Å². The van der Waals surface area contributed by atoms with Crippen molar-refractivity contribution in [3.8, 4) is 11.4 Å². The fraction of sp³-hybridized carbons (Fsp3) is 0.118. The first kappa shape index (κ1) is 18.0. The monoisotopic (exact) mass is 422 g/mol. The summed E-state index contributed by atoms with van der Waals surface area (Å²) < 4.78 is 31.7. The maximum absolute atomic E-state index is 12.5. The molecule has 26 heavy (non-hydrogen) atoms. The molecule has 0 unspecified atom stereocenters. The Balaban J connectivity index is 1.86. The summed E-state index contributed by atoms with van der Waals surface area (Å²) in [6, 6.07) is 13.3. The maximum atomic E-state index is 12.5. The molecule has 1 aromatic heterocycles. The minimum Gasteiger partial charge on any atom is -0.433 e. The molecule has 0 spiro atoms. The average molecular weight is 423 g/mol. The predicted octanol–water partition coefficient (Wildman–Crippen LogP) is 4.19. The van der Waals surface area contributed by atoms with Gasteiger partial charge < -0.3 is 10.1 Å². The number of nitrogens with zero attached hydrogens (tertiary/aromatic N) is 3. The molecule has 0 saturated carbocycles. The highest BCUT2D eigenvalue weighted by molar-refractivity contribution is 9.10. The van der Waals surface area contributed by atoms with E-state index in [1.54, 1.807) is 13.0 Å². The standard InChI is InChI=1S/C17H13BrF2N4O2/c1-10-15(22-23-24(10)12-6-4-5-11(18)9-12)16(25)21-13-7-2-3-8-14(13)26-17(19)20/h2-9,17H,1H3,(H,21,25). The molecule has 1 amide bonds. The average Bonchev–Trinajstić information content (AvgIpc) is 2.98. The summed E-state index contributed by atoms with van der Waals surface area (Å²) >= 11 is 3.38. The second kappa shape index (κ2) is 7.61. The van der Waals surface area contributed by atoms with Crippen LogP contribution >= 0.6 is 15.9 Å². The van der Waals surface area contributed by atoms with Gasteiger partial charge in [0.1, 0.15) is 5.75 Å². The Morgan fingerprint density at radius 2 is 2.00 bits per heavy atom. The first-order valence-electron chi connectivity index (χ1n) is 7.49. The van der Waals surface area contributed by atoms with Gasteiger partial charge in [-0.3, -0.25) is 4.79 Å². The van der Waals surface area contributed by atoms with Crippen molar-refractivity contribution in [1.82, 2.24) is 15.0 Å². The molecule has 0 radical (unpaired) electrons. The molecule has 3 aromatic rings. The summed E-state index contributed by atoms with van der Waals surface area (Å²) in [5.41, 5.74) is 1.43. The van der Waals surface area contributed by atoms with Gasteiger partial charge in [-0.05, 0) is 37.3 Å². The van der Waals surface area contributed by atoms with E-state index in [0.29, 0.717) is 5.69 Å². The largest absolute Gasteiger partial charge is 0.433 e. The Hall–Kier alpha value is -2.81. The van der Waals surface area contributed by atoms with E-state index in [-0.39, 0.29) is 17.1 Å². The van der Waals surface area contributed by atoms with Gasteiger partial charge in [0.05, 0.1) is 17.1 Å². The Morgan fingerprint density at radius 1 is 1.23 bits per heavy atom. The summed E-state index contributed by atoms with van der Waals surface area (Å²) in [5, 5.41) is 10.4. The van der Waals surface area contributed by atoms with Crippen molar-refractivity contribution >= 4 is 27.5 Å². The Kier molecular flexibility index (Phi) is 5.27. The highest BCUT2D eigenvalue weighted by Gasteiger charge is 2.19. The number of aromatic nitrogens is 3. The third-order valence-electron chi connectivity index (χ3n) is 3.51. The molecule has 0 atom stereocenters. The number of carbonyl (C=O) groups is 1. The van der Waals surface area contributed by atoms with Crippen LogP contribution in [-0.4, -0.2) is 27.5 Å². The lowest BCUT2D eigenvalue weighted by atomic mass is 10.2. The van der Waals surface area contributed by atoms with Crippen molar-refractivity contribution in [2.45, 2.75) is 13.5 Å². The molecule has 3 rings (SSSR count). The number of hydrogen-bond donors (Lipinski definition) is 1. The van der Waals surface area contributed by atoms with Gasteiger partial charge in [0, 0.05) is 4.47 Å². The van der Waals surface area contributed by atoms with E-state index in [1.807, 2.05) is 24.3 Å². The molecule has 0 fully saturated rings. The van der Waals surface area contributed by atoms with Gasteiger partial charge in [0.2, 0.25) is 0 Å². The van der Waals surface area contributed by atoms with Gasteiger partial charge in [-0.15, -0.1) is 5.10 Å². The lowest BCUT2D eigenvalue weighted by Crippen LogP contribution is -2.15. The second-order valence-corrected chi connectivity index (χ2v) is 6.16. The Bertz CT molecular complexity index is 946. The second-order valence-electron chi connectivity index (χ2n) is 5.24. The van der Waals surface area contributed by atoms with Gasteiger partial charge >= 0.3 is 6.61 Å². The first-order chi connectivity index (χ1) is 12.5. The van der Waals surface area contributed by atoms with Gasteiger partial charge in [-0.2, -0.15) is 8.78 Å². The van der Waals surface area contributed by atoms with E-state index in [4.69, 9.17) is 0 Å². The zero-order valence-electron chi connectivity index (χ0n) is 13.5. The molecule has 1 heterocycles. The summed E-state index contributed by atoms with van der Waals surface area (Å²) in [6.45, 7) is -1.30. The minimum absolute atomic E-state index is 0.0804. The molecule has 0 saturated heterocycles. The van der Waals surface area contributed by atoms with Crippen molar-refractivity contribution < 1.29 is 18.3 Å². The SMILES string of the molecule is Cc1c(C(=O)Nc2ccccc2OC(F)F)nnn1-c1cccc(Br)c1. The number of alkyl halides is 2. The quantitative estimate of drug-likeness (QED) is 0.668. The Labute approximate surface area is 155 Å². The van der Waals surface area contributed by atoms with Gasteiger partial charge in [-0.1, -0.05) is 39.3 Å². The number of benzene rings is 2. The summed E-state index contributed by atoms with van der Waals surface area (Å²) in [7, 11) is 0. The highest BCUT2D eigenvalue weighted by Crippen LogP contribution is 2.26. The summed E-state index contributed by atoms with van der Waals surface area (Å²) in [5.74, 6) is -0.707. The van der Waals surface area contributed by atoms with Crippen molar-refractivity contribution in [3.63, 3.8) is 0 Å². The third kappa shape index (κ3) is 3.88. The van der Waals surface area contributed by atoms with Crippen molar-refractivity contribution in [1.29, 1.82) is 0 Å². The normalized spacial score (nSPS) is 10.8. The maximum Gasteiger partial charge on any atom is 0.387 e. The van der Waals surface area contributed by atoms with Crippen molar-refractivity contribution in [2.24, 2.45) is 0 Å². The lowest BCUT2D eigenvalue weighted by Gasteiger charge is -2.11. The number of rotatable bonds is 5. The van der Waals surface area contributed by atoms with Gasteiger partial charge in [-0.25, -0.2) is 4.68 Å². The van der Waals surface area contributed by atoms with Gasteiger partial charge in [0.25, 0.3) is 5.91 Å². The van der Waals surface area contributed by atoms with Crippen LogP contribution < -0.4 is 10.1 Å². The van der Waals surface area contributed by atoms with E-state index in [1.165, 1.54) is 22.9 Å². The fourth-order valence-corrected chi connectivity index (χ4v) is 2.73. The Morgan fingerprint density at radius 3 is 2.73 bits per heavy atom. The highest BCUT2D eigenvalue weighted by atomic mass is 79.9. The van der Waals surface area contributed by atoms with Crippen LogP contribution in [0.4, 0.5) is 14.5 Å². The molecule has 134 valence electrons. The molecule has 0 aliphatic heterocycles. The topological polar surface area (TPSA) is 69.0 Å².